The Hall–Kier alpha value is -1.74. The average Bonchev–Trinajstić information content (AvgIpc) is 2.32. The van der Waals surface area contributed by atoms with Crippen LogP contribution in [0, 0.1) is 15.9 Å². The van der Waals surface area contributed by atoms with Crippen LogP contribution in [0.3, 0.4) is 0 Å². The maximum atomic E-state index is 14.0. The molecule has 1 aliphatic carbocycles. The van der Waals surface area contributed by atoms with Crippen molar-refractivity contribution in [1.29, 1.82) is 0 Å². The first kappa shape index (κ1) is 15.6. The molecule has 0 atom stereocenters. The van der Waals surface area contributed by atoms with Crippen LogP contribution in [0.4, 0.5) is 10.1 Å². The lowest BCUT2D eigenvalue weighted by atomic mass is 9.96. The molecule has 0 unspecified atom stereocenters. The molecule has 7 nitrogen and oxygen atoms in total. The predicted octanol–water partition coefficient (Wildman–Crippen LogP) is 2.37. The highest BCUT2D eigenvalue weighted by Gasteiger charge is 2.30. The Morgan fingerprint density at radius 1 is 1.43 bits per heavy atom. The number of carbonyl (C=O) groups is 1. The van der Waals surface area contributed by atoms with Crippen LogP contribution in [0.25, 0.3) is 0 Å². The van der Waals surface area contributed by atoms with Crippen molar-refractivity contribution in [3.8, 4) is 0 Å². The molecule has 1 fully saturated rings. The van der Waals surface area contributed by atoms with Gasteiger partial charge in [-0.25, -0.2) is 17.6 Å². The zero-order valence-corrected chi connectivity index (χ0v) is 12.0. The van der Waals surface area contributed by atoms with Gasteiger partial charge in [-0.2, -0.15) is 0 Å². The summed E-state index contributed by atoms with van der Waals surface area (Å²) in [6.07, 6.45) is 1.70. The first-order valence-electron chi connectivity index (χ1n) is 5.83. The summed E-state index contributed by atoms with van der Waals surface area (Å²) in [6, 6.07) is 1.08. The molecule has 0 heterocycles. The summed E-state index contributed by atoms with van der Waals surface area (Å²) in [5.41, 5.74) is -1.59. The van der Waals surface area contributed by atoms with E-state index in [1.54, 1.807) is 0 Å². The third-order valence-corrected chi connectivity index (χ3v) is 4.36. The lowest BCUT2D eigenvalue weighted by Gasteiger charge is -2.25. The topological polar surface area (TPSA) is 104 Å². The number of nitro groups is 1. The van der Waals surface area contributed by atoms with E-state index in [2.05, 4.69) is 0 Å². The summed E-state index contributed by atoms with van der Waals surface area (Å²) < 4.78 is 41.5. The molecule has 0 amide bonds. The number of hydrogen-bond donors (Lipinski definition) is 0. The van der Waals surface area contributed by atoms with Crippen molar-refractivity contribution in [3.63, 3.8) is 0 Å². The first-order chi connectivity index (χ1) is 9.70. The maximum Gasteiger partial charge on any atom is 0.341 e. The Morgan fingerprint density at radius 3 is 2.48 bits per heavy atom. The van der Waals surface area contributed by atoms with Gasteiger partial charge in [0.15, 0.2) is 5.82 Å². The van der Waals surface area contributed by atoms with Crippen LogP contribution in [-0.4, -0.2) is 25.4 Å². The normalized spacial score (nSPS) is 15.3. The van der Waals surface area contributed by atoms with Gasteiger partial charge in [0.25, 0.3) is 14.7 Å². The van der Waals surface area contributed by atoms with Gasteiger partial charge >= 0.3 is 5.97 Å². The monoisotopic (exact) mass is 337 g/mol. The molecular weight excluding hydrogens is 329 g/mol. The zero-order chi connectivity index (χ0) is 15.8. The van der Waals surface area contributed by atoms with Crippen molar-refractivity contribution in [2.24, 2.45) is 0 Å². The maximum absolute atomic E-state index is 14.0. The van der Waals surface area contributed by atoms with Crippen molar-refractivity contribution in [3.05, 3.63) is 33.6 Å². The Morgan fingerprint density at radius 2 is 2.05 bits per heavy atom. The lowest BCUT2D eigenvalue weighted by molar-refractivity contribution is -0.385. The van der Waals surface area contributed by atoms with E-state index < -0.39 is 41.9 Å². The van der Waals surface area contributed by atoms with Crippen LogP contribution in [0.15, 0.2) is 17.0 Å². The molecule has 0 N–H and O–H groups in total. The van der Waals surface area contributed by atoms with Gasteiger partial charge < -0.3 is 4.74 Å². The minimum absolute atomic E-state index is 0.382. The third kappa shape index (κ3) is 3.30. The molecule has 1 aromatic carbocycles. The van der Waals surface area contributed by atoms with Crippen molar-refractivity contribution >= 4 is 31.4 Å². The molecule has 0 spiro atoms. The highest BCUT2D eigenvalue weighted by Crippen LogP contribution is 2.29. The van der Waals surface area contributed by atoms with Gasteiger partial charge in [0.2, 0.25) is 0 Å². The van der Waals surface area contributed by atoms with E-state index in [4.69, 9.17) is 15.4 Å². The molecular formula is C11H9ClFNO6S. The summed E-state index contributed by atoms with van der Waals surface area (Å²) in [5.74, 6) is -2.61. The van der Waals surface area contributed by atoms with Crippen molar-refractivity contribution in [2.45, 2.75) is 30.3 Å². The fourth-order valence-electron chi connectivity index (χ4n) is 1.72. The number of esters is 1. The van der Waals surface area contributed by atoms with E-state index in [0.717, 1.165) is 6.42 Å². The second-order valence-corrected chi connectivity index (χ2v) is 6.99. The molecule has 2 rings (SSSR count). The molecule has 1 saturated carbocycles. The number of ether oxygens (including phenoxy) is 1. The second-order valence-electron chi connectivity index (χ2n) is 4.46. The number of hydrogen-bond acceptors (Lipinski definition) is 6. The molecule has 0 saturated heterocycles. The third-order valence-electron chi connectivity index (χ3n) is 3.04. The minimum atomic E-state index is -4.58. The summed E-state index contributed by atoms with van der Waals surface area (Å²) in [4.78, 5) is 20.5. The van der Waals surface area contributed by atoms with E-state index in [-0.39, 0.29) is 6.10 Å². The van der Waals surface area contributed by atoms with Gasteiger partial charge in [0.05, 0.1) is 4.92 Å². The van der Waals surface area contributed by atoms with E-state index in [1.807, 2.05) is 0 Å². The van der Waals surface area contributed by atoms with Gasteiger partial charge in [-0.3, -0.25) is 10.1 Å². The molecule has 114 valence electrons. The summed E-state index contributed by atoms with van der Waals surface area (Å²) in [7, 11) is 0.438. The molecule has 10 heteroatoms. The largest absolute Gasteiger partial charge is 0.459 e. The number of nitrogens with zero attached hydrogens (tertiary/aromatic N) is 1. The van der Waals surface area contributed by atoms with Crippen molar-refractivity contribution < 1.29 is 27.3 Å². The molecule has 21 heavy (non-hydrogen) atoms. The SMILES string of the molecule is O=C(OC1CCC1)c1cc([N+](=O)[O-])cc(S(=O)(=O)Cl)c1F. The standard InChI is InChI=1S/C11H9ClFNO6S/c12-21(18,19)9-5-6(14(16)17)4-8(10(9)13)11(15)20-7-2-1-3-7/h4-5,7H,1-3H2. The van der Waals surface area contributed by atoms with Gasteiger partial charge in [0.1, 0.15) is 16.6 Å². The Balaban J connectivity index is 2.50. The van der Waals surface area contributed by atoms with Crippen LogP contribution in [0.1, 0.15) is 29.6 Å². The first-order valence-corrected chi connectivity index (χ1v) is 8.14. The van der Waals surface area contributed by atoms with Gasteiger partial charge in [-0.15, -0.1) is 0 Å². The quantitative estimate of drug-likeness (QED) is 0.361. The number of halogens is 2. The number of rotatable bonds is 4. The molecule has 0 aliphatic heterocycles. The van der Waals surface area contributed by atoms with Crippen LogP contribution in [-0.2, 0) is 13.8 Å². The van der Waals surface area contributed by atoms with Crippen molar-refractivity contribution in [1.82, 2.24) is 0 Å². The van der Waals surface area contributed by atoms with E-state index in [0.29, 0.717) is 25.0 Å². The Labute approximate surface area is 123 Å². The molecule has 1 aromatic rings. The highest BCUT2D eigenvalue weighted by atomic mass is 35.7. The van der Waals surface area contributed by atoms with E-state index in [9.17, 15) is 27.7 Å². The molecule has 0 aromatic heterocycles. The Kier molecular flexibility index (Phi) is 4.15. The van der Waals surface area contributed by atoms with Crippen LogP contribution in [0.2, 0.25) is 0 Å². The molecule has 0 radical (unpaired) electrons. The summed E-state index contributed by atoms with van der Waals surface area (Å²) in [5, 5.41) is 10.7. The van der Waals surface area contributed by atoms with Gasteiger partial charge in [-0.05, 0) is 19.3 Å². The van der Waals surface area contributed by atoms with E-state index >= 15 is 0 Å². The highest BCUT2D eigenvalue weighted by molar-refractivity contribution is 8.13. The Bertz CT molecular complexity index is 716. The van der Waals surface area contributed by atoms with Gasteiger partial charge in [-0.1, -0.05) is 0 Å². The predicted molar refractivity (Wildman–Crippen MR) is 69.1 cm³/mol. The number of benzene rings is 1. The fraction of sp³-hybridized carbons (Fsp3) is 0.364. The van der Waals surface area contributed by atoms with Crippen LogP contribution in [0.5, 0.6) is 0 Å². The molecule has 1 aliphatic rings. The van der Waals surface area contributed by atoms with E-state index in [1.165, 1.54) is 0 Å². The number of nitro benzene ring substituents is 1. The smallest absolute Gasteiger partial charge is 0.341 e. The second kappa shape index (κ2) is 5.57. The average molecular weight is 338 g/mol. The van der Waals surface area contributed by atoms with Crippen LogP contribution < -0.4 is 0 Å². The van der Waals surface area contributed by atoms with Crippen molar-refractivity contribution in [2.75, 3.05) is 0 Å². The van der Waals surface area contributed by atoms with Crippen LogP contribution >= 0.6 is 10.7 Å². The summed E-state index contributed by atoms with van der Waals surface area (Å²) >= 11 is 0. The van der Waals surface area contributed by atoms with Gasteiger partial charge in [0, 0.05) is 22.8 Å². The number of carbonyl (C=O) groups excluding carboxylic acids is 1. The fourth-order valence-corrected chi connectivity index (χ4v) is 2.64. The number of non-ortho nitro benzene ring substituents is 1. The lowest BCUT2D eigenvalue weighted by Crippen LogP contribution is -2.25. The minimum Gasteiger partial charge on any atom is -0.459 e. The summed E-state index contributed by atoms with van der Waals surface area (Å²) in [6.45, 7) is 0. The zero-order valence-electron chi connectivity index (χ0n) is 10.4. The molecule has 0 bridgehead atoms.